The Hall–Kier alpha value is -2.05. The van der Waals surface area contributed by atoms with E-state index >= 15 is 0 Å². The normalized spacial score (nSPS) is 19.0. The lowest BCUT2D eigenvalue weighted by Crippen LogP contribution is -2.54. The van der Waals surface area contributed by atoms with Crippen molar-refractivity contribution >= 4 is 17.5 Å². The average Bonchev–Trinajstić information content (AvgIpc) is 2.44. The highest BCUT2D eigenvalue weighted by atomic mass is 19.2. The molecule has 1 amide bonds. The van der Waals surface area contributed by atoms with Gasteiger partial charge in [-0.3, -0.25) is 0 Å². The number of benzene rings is 1. The molecule has 0 bridgehead atoms. The maximum atomic E-state index is 14.1. The fourth-order valence-corrected chi connectivity index (χ4v) is 2.58. The molecule has 0 unspecified atom stereocenters. The van der Waals surface area contributed by atoms with E-state index in [0.29, 0.717) is 19.6 Å². The van der Waals surface area contributed by atoms with Crippen molar-refractivity contribution in [1.82, 2.24) is 4.90 Å². The topological polar surface area (TPSA) is 58.8 Å². The van der Waals surface area contributed by atoms with Crippen molar-refractivity contribution in [2.75, 3.05) is 30.3 Å². The zero-order valence-electron chi connectivity index (χ0n) is 13.9. The fraction of sp³-hybridized carbons (Fsp3) is 0.562. The number of rotatable bonds is 1. The molecule has 23 heavy (non-hydrogen) atoms. The van der Waals surface area contributed by atoms with Crippen LogP contribution in [0.25, 0.3) is 0 Å². The van der Waals surface area contributed by atoms with E-state index in [1.165, 1.54) is 12.1 Å². The lowest BCUT2D eigenvalue weighted by molar-refractivity contribution is 0.0218. The molecule has 1 fully saturated rings. The van der Waals surface area contributed by atoms with Gasteiger partial charge < -0.3 is 20.3 Å². The van der Waals surface area contributed by atoms with Gasteiger partial charge in [0.25, 0.3) is 0 Å². The SMILES string of the molecule is C[C@H]1CN(C(=O)OC(C)(C)C)CCN1c1ccc(N)c(F)c1F. The van der Waals surface area contributed by atoms with Crippen LogP contribution in [0.1, 0.15) is 27.7 Å². The highest BCUT2D eigenvalue weighted by Gasteiger charge is 2.31. The van der Waals surface area contributed by atoms with E-state index in [1.807, 2.05) is 6.92 Å². The maximum absolute atomic E-state index is 14.1. The Balaban J connectivity index is 2.11. The summed E-state index contributed by atoms with van der Waals surface area (Å²) in [5.41, 5.74) is 4.75. The number of anilines is 2. The van der Waals surface area contributed by atoms with E-state index < -0.39 is 23.3 Å². The smallest absolute Gasteiger partial charge is 0.410 e. The van der Waals surface area contributed by atoms with Crippen LogP contribution in [0, 0.1) is 11.6 Å². The summed E-state index contributed by atoms with van der Waals surface area (Å²) in [5.74, 6) is -1.99. The Labute approximate surface area is 135 Å². The summed E-state index contributed by atoms with van der Waals surface area (Å²) in [6, 6.07) is 2.64. The summed E-state index contributed by atoms with van der Waals surface area (Å²) < 4.78 is 33.1. The van der Waals surface area contributed by atoms with Gasteiger partial charge >= 0.3 is 6.09 Å². The molecule has 0 radical (unpaired) electrons. The van der Waals surface area contributed by atoms with Gasteiger partial charge in [0.15, 0.2) is 11.6 Å². The summed E-state index contributed by atoms with van der Waals surface area (Å²) in [5, 5.41) is 0. The molecule has 1 aromatic rings. The summed E-state index contributed by atoms with van der Waals surface area (Å²) >= 11 is 0. The Morgan fingerprint density at radius 3 is 2.48 bits per heavy atom. The van der Waals surface area contributed by atoms with Crippen LogP contribution >= 0.6 is 0 Å². The largest absolute Gasteiger partial charge is 0.444 e. The highest BCUT2D eigenvalue weighted by molar-refractivity contribution is 5.69. The molecule has 0 aromatic heterocycles. The van der Waals surface area contributed by atoms with Gasteiger partial charge in [-0.25, -0.2) is 13.6 Å². The molecular formula is C16H23F2N3O2. The van der Waals surface area contributed by atoms with Crippen LogP contribution in [0.15, 0.2) is 12.1 Å². The summed E-state index contributed by atoms with van der Waals surface area (Å²) in [6.07, 6.45) is -0.395. The van der Waals surface area contributed by atoms with Crippen LogP contribution in [0.4, 0.5) is 25.0 Å². The van der Waals surface area contributed by atoms with E-state index in [0.717, 1.165) is 0 Å². The van der Waals surface area contributed by atoms with E-state index in [2.05, 4.69) is 0 Å². The second kappa shape index (κ2) is 6.22. The number of piperazine rings is 1. The van der Waals surface area contributed by atoms with Crippen molar-refractivity contribution in [1.29, 1.82) is 0 Å². The molecule has 7 heteroatoms. The monoisotopic (exact) mass is 327 g/mol. The van der Waals surface area contributed by atoms with Crippen molar-refractivity contribution in [3.8, 4) is 0 Å². The second-order valence-corrected chi connectivity index (χ2v) is 6.77. The third kappa shape index (κ3) is 3.83. The molecule has 0 spiro atoms. The number of carbonyl (C=O) groups excluding carboxylic acids is 1. The molecular weight excluding hydrogens is 304 g/mol. The third-order valence-corrected chi connectivity index (χ3v) is 3.68. The van der Waals surface area contributed by atoms with Crippen LogP contribution in [-0.2, 0) is 4.74 Å². The number of ether oxygens (including phenoxy) is 1. The fourth-order valence-electron chi connectivity index (χ4n) is 2.58. The molecule has 5 nitrogen and oxygen atoms in total. The van der Waals surface area contributed by atoms with Gasteiger partial charge in [0.1, 0.15) is 5.60 Å². The van der Waals surface area contributed by atoms with Gasteiger partial charge in [-0.05, 0) is 39.8 Å². The number of halogens is 2. The molecule has 1 aliphatic heterocycles. The van der Waals surface area contributed by atoms with Gasteiger partial charge in [-0.15, -0.1) is 0 Å². The van der Waals surface area contributed by atoms with E-state index in [1.54, 1.807) is 30.6 Å². The Bertz CT molecular complexity index is 602. The predicted molar refractivity (Wildman–Crippen MR) is 85.4 cm³/mol. The molecule has 1 heterocycles. The number of hydrogen-bond donors (Lipinski definition) is 1. The van der Waals surface area contributed by atoms with Crippen LogP contribution in [-0.4, -0.2) is 42.3 Å². The first-order valence-corrected chi connectivity index (χ1v) is 7.58. The van der Waals surface area contributed by atoms with Gasteiger partial charge in [0.05, 0.1) is 11.4 Å². The van der Waals surface area contributed by atoms with E-state index in [4.69, 9.17) is 10.5 Å². The minimum atomic E-state index is -1.04. The molecule has 2 N–H and O–H groups in total. The lowest BCUT2D eigenvalue weighted by atomic mass is 10.1. The molecule has 1 saturated heterocycles. The summed E-state index contributed by atoms with van der Waals surface area (Å²) in [6.45, 7) is 8.40. The van der Waals surface area contributed by atoms with Gasteiger partial charge in [0, 0.05) is 25.7 Å². The highest BCUT2D eigenvalue weighted by Crippen LogP contribution is 2.28. The van der Waals surface area contributed by atoms with Crippen LogP contribution in [0.2, 0.25) is 0 Å². The third-order valence-electron chi connectivity index (χ3n) is 3.68. The molecule has 1 atom stereocenters. The quantitative estimate of drug-likeness (QED) is 0.806. The molecule has 2 rings (SSSR count). The van der Waals surface area contributed by atoms with E-state index in [9.17, 15) is 13.6 Å². The Morgan fingerprint density at radius 2 is 1.91 bits per heavy atom. The first-order valence-electron chi connectivity index (χ1n) is 7.58. The van der Waals surface area contributed by atoms with Crippen LogP contribution < -0.4 is 10.6 Å². The second-order valence-electron chi connectivity index (χ2n) is 6.77. The first kappa shape index (κ1) is 17.3. The number of hydrogen-bond acceptors (Lipinski definition) is 4. The molecule has 0 aliphatic carbocycles. The van der Waals surface area contributed by atoms with Gasteiger partial charge in [-0.2, -0.15) is 0 Å². The molecule has 0 saturated carbocycles. The summed E-state index contributed by atoms with van der Waals surface area (Å²) in [4.78, 5) is 15.4. The zero-order chi connectivity index (χ0) is 17.4. The summed E-state index contributed by atoms with van der Waals surface area (Å²) in [7, 11) is 0. The van der Waals surface area contributed by atoms with E-state index in [-0.39, 0.29) is 17.4 Å². The van der Waals surface area contributed by atoms with Crippen molar-refractivity contribution in [3.63, 3.8) is 0 Å². The molecule has 128 valence electrons. The van der Waals surface area contributed by atoms with Crippen LogP contribution in [0.5, 0.6) is 0 Å². The maximum Gasteiger partial charge on any atom is 0.410 e. The van der Waals surface area contributed by atoms with Crippen molar-refractivity contribution in [2.45, 2.75) is 39.3 Å². The lowest BCUT2D eigenvalue weighted by Gasteiger charge is -2.41. The van der Waals surface area contributed by atoms with Crippen LogP contribution in [0.3, 0.4) is 0 Å². The number of nitrogens with zero attached hydrogens (tertiary/aromatic N) is 2. The average molecular weight is 327 g/mol. The number of nitrogens with two attached hydrogens (primary N) is 1. The standard InChI is InChI=1S/C16H23F2N3O2/c1-10-9-20(15(22)23-16(2,3)4)7-8-21(10)12-6-5-11(19)13(17)14(12)18/h5-6,10H,7-9,19H2,1-4H3/t10-/m0/s1. The molecule has 1 aromatic carbocycles. The van der Waals surface area contributed by atoms with Gasteiger partial charge in [0.2, 0.25) is 0 Å². The Kier molecular flexibility index (Phi) is 4.68. The Morgan fingerprint density at radius 1 is 1.26 bits per heavy atom. The minimum absolute atomic E-state index is 0.160. The zero-order valence-corrected chi connectivity index (χ0v) is 13.9. The molecule has 1 aliphatic rings. The number of nitrogen functional groups attached to an aromatic ring is 1. The number of amides is 1. The van der Waals surface area contributed by atoms with Crippen molar-refractivity contribution in [2.24, 2.45) is 0 Å². The predicted octanol–water partition coefficient (Wildman–Crippen LogP) is 2.99. The first-order chi connectivity index (χ1) is 10.6. The van der Waals surface area contributed by atoms with Crippen molar-refractivity contribution < 1.29 is 18.3 Å². The van der Waals surface area contributed by atoms with Gasteiger partial charge in [-0.1, -0.05) is 0 Å². The number of carbonyl (C=O) groups is 1. The minimum Gasteiger partial charge on any atom is -0.444 e. The van der Waals surface area contributed by atoms with Crippen molar-refractivity contribution in [3.05, 3.63) is 23.8 Å².